The minimum atomic E-state index is -0.838. The van der Waals surface area contributed by atoms with Gasteiger partial charge in [-0.05, 0) is 43.8 Å². The molecule has 1 unspecified atom stereocenters. The SMILES string of the molecule is COc1cccc(-c2nc(CN(C)C(C)c3ccc(F)c(F)c3)cs2)c1OC. The molecule has 0 saturated carbocycles. The molecule has 0 saturated heterocycles. The number of benzene rings is 2. The van der Waals surface area contributed by atoms with Crippen molar-refractivity contribution in [2.24, 2.45) is 0 Å². The van der Waals surface area contributed by atoms with E-state index < -0.39 is 11.6 Å². The summed E-state index contributed by atoms with van der Waals surface area (Å²) in [5.41, 5.74) is 2.47. The van der Waals surface area contributed by atoms with Gasteiger partial charge >= 0.3 is 0 Å². The molecule has 0 aliphatic rings. The lowest BCUT2D eigenvalue weighted by Gasteiger charge is -2.24. The molecule has 1 atom stereocenters. The van der Waals surface area contributed by atoms with E-state index >= 15 is 0 Å². The Kier molecular flexibility index (Phi) is 6.26. The van der Waals surface area contributed by atoms with Crippen LogP contribution in [0.5, 0.6) is 11.5 Å². The van der Waals surface area contributed by atoms with E-state index in [9.17, 15) is 8.78 Å². The van der Waals surface area contributed by atoms with Crippen LogP contribution in [-0.2, 0) is 6.54 Å². The quantitative estimate of drug-likeness (QED) is 0.535. The van der Waals surface area contributed by atoms with Crippen LogP contribution in [0, 0.1) is 11.6 Å². The summed E-state index contributed by atoms with van der Waals surface area (Å²) in [5, 5.41) is 2.82. The molecule has 0 N–H and O–H groups in total. The highest BCUT2D eigenvalue weighted by molar-refractivity contribution is 7.13. The fourth-order valence-corrected chi connectivity index (χ4v) is 3.81. The van der Waals surface area contributed by atoms with Crippen LogP contribution >= 0.6 is 11.3 Å². The minimum absolute atomic E-state index is 0.0911. The first-order valence-electron chi connectivity index (χ1n) is 8.75. The van der Waals surface area contributed by atoms with Gasteiger partial charge < -0.3 is 9.47 Å². The van der Waals surface area contributed by atoms with Gasteiger partial charge in [-0.15, -0.1) is 11.3 Å². The molecule has 0 fully saturated rings. The maximum Gasteiger partial charge on any atom is 0.170 e. The maximum absolute atomic E-state index is 13.5. The van der Waals surface area contributed by atoms with Crippen LogP contribution in [0.3, 0.4) is 0 Å². The molecule has 1 heterocycles. The Bertz CT molecular complexity index is 961. The Labute approximate surface area is 167 Å². The van der Waals surface area contributed by atoms with Gasteiger partial charge in [0.25, 0.3) is 0 Å². The highest BCUT2D eigenvalue weighted by Crippen LogP contribution is 2.39. The Morgan fingerprint density at radius 3 is 2.57 bits per heavy atom. The van der Waals surface area contributed by atoms with Crippen molar-refractivity contribution < 1.29 is 18.3 Å². The number of ether oxygens (including phenoxy) is 2. The lowest BCUT2D eigenvalue weighted by atomic mass is 10.1. The van der Waals surface area contributed by atoms with Gasteiger partial charge in [-0.25, -0.2) is 13.8 Å². The van der Waals surface area contributed by atoms with Gasteiger partial charge in [0.15, 0.2) is 23.1 Å². The molecule has 28 heavy (non-hydrogen) atoms. The molecule has 0 bridgehead atoms. The number of thiazole rings is 1. The zero-order valence-corrected chi connectivity index (χ0v) is 17.0. The number of halogens is 2. The van der Waals surface area contributed by atoms with E-state index in [-0.39, 0.29) is 6.04 Å². The van der Waals surface area contributed by atoms with Crippen LogP contribution in [0.15, 0.2) is 41.8 Å². The Morgan fingerprint density at radius 1 is 1.11 bits per heavy atom. The summed E-state index contributed by atoms with van der Waals surface area (Å²) in [6, 6.07) is 9.59. The standard InChI is InChI=1S/C21H22F2N2O2S/c1-13(14-8-9-17(22)18(23)10-14)25(2)11-15-12-28-21(24-15)16-6-5-7-19(26-3)20(16)27-4/h5-10,12-13H,11H2,1-4H3. The molecule has 0 amide bonds. The van der Waals surface area contributed by atoms with Gasteiger partial charge in [0.05, 0.1) is 25.5 Å². The van der Waals surface area contributed by atoms with E-state index in [0.29, 0.717) is 23.6 Å². The Morgan fingerprint density at radius 2 is 1.89 bits per heavy atom. The average molecular weight is 404 g/mol. The van der Waals surface area contributed by atoms with Crippen molar-refractivity contribution in [2.45, 2.75) is 19.5 Å². The molecule has 7 heteroatoms. The number of rotatable bonds is 7. The van der Waals surface area contributed by atoms with Gasteiger partial charge in [0, 0.05) is 18.0 Å². The number of aromatic nitrogens is 1. The number of nitrogens with zero attached hydrogens (tertiary/aromatic N) is 2. The molecular weight excluding hydrogens is 382 g/mol. The minimum Gasteiger partial charge on any atom is -0.493 e. The summed E-state index contributed by atoms with van der Waals surface area (Å²) < 4.78 is 37.6. The zero-order chi connectivity index (χ0) is 20.3. The summed E-state index contributed by atoms with van der Waals surface area (Å²) in [6.07, 6.45) is 0. The van der Waals surface area contributed by atoms with Crippen LogP contribution in [0.1, 0.15) is 24.2 Å². The summed E-state index contributed by atoms with van der Waals surface area (Å²) in [4.78, 5) is 6.76. The number of hydrogen-bond donors (Lipinski definition) is 0. The first-order valence-corrected chi connectivity index (χ1v) is 9.63. The Balaban J connectivity index is 1.78. The second-order valence-corrected chi connectivity index (χ2v) is 7.31. The fourth-order valence-electron chi connectivity index (χ4n) is 2.98. The largest absolute Gasteiger partial charge is 0.493 e. The van der Waals surface area contributed by atoms with Crippen LogP contribution in [0.2, 0.25) is 0 Å². The molecule has 3 aromatic rings. The molecule has 1 aromatic heterocycles. The third-order valence-corrected chi connectivity index (χ3v) is 5.61. The number of para-hydroxylation sites is 1. The molecule has 148 valence electrons. The van der Waals surface area contributed by atoms with Crippen LogP contribution in [-0.4, -0.2) is 31.2 Å². The van der Waals surface area contributed by atoms with Crippen molar-refractivity contribution in [3.05, 3.63) is 64.7 Å². The van der Waals surface area contributed by atoms with Crippen LogP contribution in [0.4, 0.5) is 8.78 Å². The summed E-state index contributed by atoms with van der Waals surface area (Å²) in [7, 11) is 5.13. The highest BCUT2D eigenvalue weighted by Gasteiger charge is 2.18. The van der Waals surface area contributed by atoms with Crippen molar-refractivity contribution in [2.75, 3.05) is 21.3 Å². The molecule has 0 aliphatic heterocycles. The normalized spacial score (nSPS) is 12.2. The first kappa shape index (κ1) is 20.2. The van der Waals surface area contributed by atoms with Crippen molar-refractivity contribution in [1.82, 2.24) is 9.88 Å². The van der Waals surface area contributed by atoms with Gasteiger partial charge in [-0.1, -0.05) is 12.1 Å². The summed E-state index contributed by atoms with van der Waals surface area (Å²) >= 11 is 1.52. The van der Waals surface area contributed by atoms with E-state index in [1.165, 1.54) is 17.4 Å². The predicted octanol–water partition coefficient (Wildman–Crippen LogP) is 5.30. The lowest BCUT2D eigenvalue weighted by Crippen LogP contribution is -2.22. The topological polar surface area (TPSA) is 34.6 Å². The van der Waals surface area contributed by atoms with Crippen molar-refractivity contribution >= 4 is 11.3 Å². The first-order chi connectivity index (χ1) is 13.4. The van der Waals surface area contributed by atoms with Gasteiger partial charge in [0.1, 0.15) is 5.01 Å². The molecule has 2 aromatic carbocycles. The third kappa shape index (κ3) is 4.15. The molecule has 0 spiro atoms. The lowest BCUT2D eigenvalue weighted by molar-refractivity contribution is 0.250. The van der Waals surface area contributed by atoms with E-state index in [4.69, 9.17) is 14.5 Å². The number of hydrogen-bond acceptors (Lipinski definition) is 5. The van der Waals surface area contributed by atoms with Gasteiger partial charge in [0.2, 0.25) is 0 Å². The molecule has 0 radical (unpaired) electrons. The van der Waals surface area contributed by atoms with E-state index in [1.807, 2.05) is 42.5 Å². The second kappa shape index (κ2) is 8.67. The molecule has 0 aliphatic carbocycles. The van der Waals surface area contributed by atoms with Crippen LogP contribution in [0.25, 0.3) is 10.6 Å². The third-order valence-electron chi connectivity index (χ3n) is 4.68. The highest BCUT2D eigenvalue weighted by atomic mass is 32.1. The maximum atomic E-state index is 13.5. The molecular formula is C21H22F2N2O2S. The van der Waals surface area contributed by atoms with E-state index in [0.717, 1.165) is 22.3 Å². The smallest absolute Gasteiger partial charge is 0.170 e. The van der Waals surface area contributed by atoms with Gasteiger partial charge in [-0.3, -0.25) is 4.90 Å². The zero-order valence-electron chi connectivity index (χ0n) is 16.2. The molecule has 4 nitrogen and oxygen atoms in total. The predicted molar refractivity (Wildman–Crippen MR) is 107 cm³/mol. The second-order valence-electron chi connectivity index (χ2n) is 6.45. The van der Waals surface area contributed by atoms with E-state index in [1.54, 1.807) is 20.3 Å². The Hall–Kier alpha value is -2.51. The van der Waals surface area contributed by atoms with E-state index in [2.05, 4.69) is 0 Å². The van der Waals surface area contributed by atoms with Gasteiger partial charge in [-0.2, -0.15) is 0 Å². The van der Waals surface area contributed by atoms with Crippen molar-refractivity contribution in [1.29, 1.82) is 0 Å². The van der Waals surface area contributed by atoms with Crippen molar-refractivity contribution in [3.63, 3.8) is 0 Å². The number of methoxy groups -OCH3 is 2. The summed E-state index contributed by atoms with van der Waals surface area (Å²) in [6.45, 7) is 2.52. The fraction of sp³-hybridized carbons (Fsp3) is 0.286. The summed E-state index contributed by atoms with van der Waals surface area (Å²) in [5.74, 6) is -0.371. The monoisotopic (exact) mass is 404 g/mol. The molecule has 3 rings (SSSR count). The average Bonchev–Trinajstić information content (AvgIpc) is 3.16. The van der Waals surface area contributed by atoms with Crippen molar-refractivity contribution in [3.8, 4) is 22.1 Å². The van der Waals surface area contributed by atoms with Crippen LogP contribution < -0.4 is 9.47 Å².